The quantitative estimate of drug-likeness (QED) is 0.862. The molecule has 1 aromatic carbocycles. The summed E-state index contributed by atoms with van der Waals surface area (Å²) in [6, 6.07) is 1.76. The lowest BCUT2D eigenvalue weighted by atomic mass is 9.90. The summed E-state index contributed by atoms with van der Waals surface area (Å²) >= 11 is 0. The third-order valence-electron chi connectivity index (χ3n) is 4.17. The Morgan fingerprint density at radius 1 is 1.40 bits per heavy atom. The zero-order valence-electron chi connectivity index (χ0n) is 13.8. The summed E-state index contributed by atoms with van der Waals surface area (Å²) in [6.45, 7) is 1.12. The van der Waals surface area contributed by atoms with Crippen LogP contribution in [0.15, 0.2) is 24.5 Å². The monoisotopic (exact) mass is 372 g/mol. The maximum Gasteiger partial charge on any atom is 0.229 e. The number of carbonyl (C=O) groups is 1. The minimum Gasteiger partial charge on any atom is -0.492 e. The van der Waals surface area contributed by atoms with E-state index in [-0.39, 0.29) is 41.6 Å². The first kappa shape index (κ1) is 19.1. The number of halogens is 3. The van der Waals surface area contributed by atoms with Gasteiger partial charge in [0.2, 0.25) is 5.91 Å². The molecule has 9 heteroatoms. The summed E-state index contributed by atoms with van der Waals surface area (Å²) in [5.74, 6) is -2.57. The Labute approximate surface area is 150 Å². The Morgan fingerprint density at radius 3 is 2.80 bits per heavy atom. The number of methoxy groups -OCH3 is 1. The van der Waals surface area contributed by atoms with Crippen LogP contribution in [0.3, 0.4) is 0 Å². The predicted molar refractivity (Wildman–Crippen MR) is 91.1 cm³/mol. The summed E-state index contributed by atoms with van der Waals surface area (Å²) < 4.78 is 33.8. The van der Waals surface area contributed by atoms with Crippen LogP contribution in [0, 0.1) is 17.6 Å². The van der Waals surface area contributed by atoms with Crippen LogP contribution in [0.1, 0.15) is 11.5 Å². The van der Waals surface area contributed by atoms with Gasteiger partial charge in [0, 0.05) is 44.4 Å². The van der Waals surface area contributed by atoms with E-state index in [9.17, 15) is 13.6 Å². The molecule has 2 heterocycles. The lowest BCUT2D eigenvalue weighted by Crippen LogP contribution is -2.28. The number of aryl methyl sites for hydroxylation is 1. The van der Waals surface area contributed by atoms with Gasteiger partial charge in [-0.3, -0.25) is 9.48 Å². The summed E-state index contributed by atoms with van der Waals surface area (Å²) in [6.07, 6.45) is 3.58. The fourth-order valence-electron chi connectivity index (χ4n) is 3.02. The maximum absolute atomic E-state index is 13.7. The largest absolute Gasteiger partial charge is 0.492 e. The highest BCUT2D eigenvalue weighted by atomic mass is 35.5. The molecule has 25 heavy (non-hydrogen) atoms. The van der Waals surface area contributed by atoms with Crippen LogP contribution in [-0.4, -0.2) is 35.9 Å². The van der Waals surface area contributed by atoms with Crippen molar-refractivity contribution in [3.63, 3.8) is 0 Å². The second kappa shape index (κ2) is 7.79. The number of rotatable bonds is 4. The summed E-state index contributed by atoms with van der Waals surface area (Å²) in [5.41, 5.74) is 0.928. The van der Waals surface area contributed by atoms with Gasteiger partial charge in [0.05, 0.1) is 24.9 Å². The van der Waals surface area contributed by atoms with Crippen molar-refractivity contribution in [2.24, 2.45) is 13.0 Å². The molecule has 136 valence electrons. The number of hydrogen-bond donors (Lipinski definition) is 2. The average Bonchev–Trinajstić information content (AvgIpc) is 3.15. The molecule has 0 unspecified atom stereocenters. The summed E-state index contributed by atoms with van der Waals surface area (Å²) in [4.78, 5) is 12.6. The molecule has 3 rings (SSSR count). The molecule has 0 bridgehead atoms. The van der Waals surface area contributed by atoms with Gasteiger partial charge in [0.1, 0.15) is 5.82 Å². The average molecular weight is 373 g/mol. The number of benzene rings is 1. The van der Waals surface area contributed by atoms with E-state index in [1.54, 1.807) is 17.9 Å². The van der Waals surface area contributed by atoms with Gasteiger partial charge in [-0.1, -0.05) is 0 Å². The van der Waals surface area contributed by atoms with E-state index in [1.165, 1.54) is 7.11 Å². The van der Waals surface area contributed by atoms with Crippen molar-refractivity contribution in [1.82, 2.24) is 15.1 Å². The lowest BCUT2D eigenvalue weighted by molar-refractivity contribution is -0.119. The molecule has 2 aromatic rings. The second-order valence-corrected chi connectivity index (χ2v) is 5.78. The minimum absolute atomic E-state index is 0. The van der Waals surface area contributed by atoms with Crippen LogP contribution in [0.5, 0.6) is 5.75 Å². The highest BCUT2D eigenvalue weighted by molar-refractivity contribution is 5.95. The first-order chi connectivity index (χ1) is 11.5. The number of aromatic nitrogens is 2. The molecule has 0 spiro atoms. The third kappa shape index (κ3) is 3.91. The standard InChI is InChI=1S/C16H18F2N4O2.ClH/c1-22-8-9(5-20-22)11-6-19-7-12(11)16(23)21-14-4-10(17)3-13(18)15(14)24-2;/h3-5,8,11-12,19H,6-7H2,1-2H3,(H,21,23);1H/t11-,12+;/m1./s1. The topological polar surface area (TPSA) is 68.2 Å². The SMILES string of the molecule is COc1c(F)cc(F)cc1NC(=O)[C@H]1CNC[C@@H]1c1cnn(C)c1.Cl. The molecular weight excluding hydrogens is 354 g/mol. The number of amides is 1. The van der Waals surface area contributed by atoms with E-state index < -0.39 is 11.6 Å². The van der Waals surface area contributed by atoms with E-state index in [2.05, 4.69) is 15.7 Å². The third-order valence-corrected chi connectivity index (χ3v) is 4.17. The number of hydrogen-bond acceptors (Lipinski definition) is 4. The Kier molecular flexibility index (Phi) is 5.97. The van der Waals surface area contributed by atoms with E-state index in [1.807, 2.05) is 6.20 Å². The van der Waals surface area contributed by atoms with Crippen molar-refractivity contribution >= 4 is 24.0 Å². The van der Waals surface area contributed by atoms with Crippen molar-refractivity contribution in [2.45, 2.75) is 5.92 Å². The fraction of sp³-hybridized carbons (Fsp3) is 0.375. The molecule has 1 aliphatic rings. The lowest BCUT2D eigenvalue weighted by Gasteiger charge is -2.18. The zero-order chi connectivity index (χ0) is 17.3. The van der Waals surface area contributed by atoms with Crippen molar-refractivity contribution in [1.29, 1.82) is 0 Å². The van der Waals surface area contributed by atoms with Gasteiger partial charge < -0.3 is 15.4 Å². The molecule has 1 fully saturated rings. The van der Waals surface area contributed by atoms with Crippen LogP contribution < -0.4 is 15.4 Å². The van der Waals surface area contributed by atoms with Gasteiger partial charge >= 0.3 is 0 Å². The molecule has 1 aromatic heterocycles. The van der Waals surface area contributed by atoms with Gasteiger partial charge in [0.15, 0.2) is 11.6 Å². The van der Waals surface area contributed by atoms with Crippen LogP contribution in [0.4, 0.5) is 14.5 Å². The molecule has 6 nitrogen and oxygen atoms in total. The number of nitrogens with one attached hydrogen (secondary N) is 2. The summed E-state index contributed by atoms with van der Waals surface area (Å²) in [7, 11) is 3.07. The highest BCUT2D eigenvalue weighted by Crippen LogP contribution is 2.32. The maximum atomic E-state index is 13.7. The Hall–Kier alpha value is -2.19. The van der Waals surface area contributed by atoms with Crippen molar-refractivity contribution in [2.75, 3.05) is 25.5 Å². The van der Waals surface area contributed by atoms with Crippen molar-refractivity contribution < 1.29 is 18.3 Å². The molecule has 1 amide bonds. The Balaban J connectivity index is 0.00000225. The zero-order valence-corrected chi connectivity index (χ0v) is 14.6. The number of anilines is 1. The molecule has 0 aliphatic carbocycles. The van der Waals surface area contributed by atoms with Gasteiger partial charge in [-0.25, -0.2) is 8.78 Å². The van der Waals surface area contributed by atoms with E-state index in [4.69, 9.17) is 4.74 Å². The Bertz CT molecular complexity index is 769. The van der Waals surface area contributed by atoms with Crippen LogP contribution in [0.25, 0.3) is 0 Å². The van der Waals surface area contributed by atoms with Crippen LogP contribution >= 0.6 is 12.4 Å². The predicted octanol–water partition coefficient (Wildman–Crippen LogP) is 2.07. The fourth-order valence-corrected chi connectivity index (χ4v) is 3.02. The van der Waals surface area contributed by atoms with E-state index >= 15 is 0 Å². The normalized spacial score (nSPS) is 19.4. The van der Waals surface area contributed by atoms with Crippen molar-refractivity contribution in [3.05, 3.63) is 41.7 Å². The van der Waals surface area contributed by atoms with Crippen LogP contribution in [0.2, 0.25) is 0 Å². The first-order valence-corrected chi connectivity index (χ1v) is 7.52. The van der Waals surface area contributed by atoms with Gasteiger partial charge in [-0.05, 0) is 5.56 Å². The smallest absolute Gasteiger partial charge is 0.229 e. The molecule has 0 saturated carbocycles. The molecule has 2 atom stereocenters. The van der Waals surface area contributed by atoms with Gasteiger partial charge in [0.25, 0.3) is 0 Å². The van der Waals surface area contributed by atoms with Gasteiger partial charge in [-0.15, -0.1) is 12.4 Å². The molecule has 1 aliphatic heterocycles. The number of nitrogens with zero attached hydrogens (tertiary/aromatic N) is 2. The number of ether oxygens (including phenoxy) is 1. The highest BCUT2D eigenvalue weighted by Gasteiger charge is 2.35. The second-order valence-electron chi connectivity index (χ2n) is 5.78. The Morgan fingerprint density at radius 2 is 2.16 bits per heavy atom. The van der Waals surface area contributed by atoms with E-state index in [0.29, 0.717) is 19.2 Å². The minimum atomic E-state index is -0.860. The first-order valence-electron chi connectivity index (χ1n) is 7.52. The molecule has 2 N–H and O–H groups in total. The van der Waals surface area contributed by atoms with Crippen molar-refractivity contribution in [3.8, 4) is 5.75 Å². The molecular formula is C16H19ClF2N4O2. The van der Waals surface area contributed by atoms with Gasteiger partial charge in [-0.2, -0.15) is 5.10 Å². The van der Waals surface area contributed by atoms with Crippen LogP contribution in [-0.2, 0) is 11.8 Å². The molecule has 0 radical (unpaired) electrons. The summed E-state index contributed by atoms with van der Waals surface area (Å²) in [5, 5.41) is 9.88. The molecule has 1 saturated heterocycles. The van der Waals surface area contributed by atoms with E-state index in [0.717, 1.165) is 11.6 Å². The number of carbonyl (C=O) groups excluding carboxylic acids is 1.